The molecule has 0 aromatic heterocycles. The molecule has 1 saturated heterocycles. The molecule has 0 radical (unpaired) electrons. The smallest absolute Gasteiger partial charge is 0.142 e. The number of hydrogen-bond donors (Lipinski definition) is 1. The largest absolute Gasteiger partial charge is 0.491 e. The molecule has 4 nitrogen and oxygen atoms in total. The van der Waals surface area contributed by atoms with Crippen LogP contribution in [-0.4, -0.2) is 49.0 Å². The lowest BCUT2D eigenvalue weighted by Crippen LogP contribution is -2.43. The Morgan fingerprint density at radius 2 is 1.90 bits per heavy atom. The molecule has 1 aliphatic heterocycles. The van der Waals surface area contributed by atoms with Crippen LogP contribution in [0.1, 0.15) is 11.7 Å². The number of fused-ring (bicyclic) bond motifs is 1. The van der Waals surface area contributed by atoms with Gasteiger partial charge in [-0.15, -0.1) is 0 Å². The maximum absolute atomic E-state index is 13.9. The van der Waals surface area contributed by atoms with Crippen LogP contribution in [-0.2, 0) is 4.74 Å². The average Bonchev–Trinajstić information content (AvgIpc) is 2.75. The van der Waals surface area contributed by atoms with Gasteiger partial charge in [0.1, 0.15) is 24.3 Å². The predicted molar refractivity (Wildman–Crippen MR) is 117 cm³/mol. The summed E-state index contributed by atoms with van der Waals surface area (Å²) in [6, 6.07) is 16.6. The van der Waals surface area contributed by atoms with Crippen LogP contribution in [0.2, 0.25) is 10.0 Å². The molecule has 158 valence electrons. The lowest BCUT2D eigenvalue weighted by Gasteiger charge is -2.34. The van der Waals surface area contributed by atoms with E-state index >= 15 is 0 Å². The number of rotatable bonds is 6. The van der Waals surface area contributed by atoms with E-state index in [1.165, 1.54) is 12.1 Å². The van der Waals surface area contributed by atoms with Crippen LogP contribution in [0.25, 0.3) is 10.8 Å². The van der Waals surface area contributed by atoms with E-state index in [-0.39, 0.29) is 17.7 Å². The number of ether oxygens (including phenoxy) is 2. The van der Waals surface area contributed by atoms with Gasteiger partial charge in [0.05, 0.1) is 17.7 Å². The molecule has 1 fully saturated rings. The van der Waals surface area contributed by atoms with Gasteiger partial charge >= 0.3 is 0 Å². The third-order valence-corrected chi connectivity index (χ3v) is 5.79. The zero-order valence-corrected chi connectivity index (χ0v) is 17.7. The number of aliphatic hydroxyl groups is 1. The summed E-state index contributed by atoms with van der Waals surface area (Å²) in [5.41, 5.74) is 0.560. The van der Waals surface area contributed by atoms with Gasteiger partial charge in [-0.3, -0.25) is 4.90 Å². The first-order chi connectivity index (χ1) is 14.5. The first-order valence-electron chi connectivity index (χ1n) is 9.77. The van der Waals surface area contributed by atoms with Crippen molar-refractivity contribution in [2.24, 2.45) is 0 Å². The highest BCUT2D eigenvalue weighted by Crippen LogP contribution is 2.32. The van der Waals surface area contributed by atoms with E-state index in [2.05, 4.69) is 4.90 Å². The third-order valence-electron chi connectivity index (χ3n) is 5.17. The topological polar surface area (TPSA) is 41.9 Å². The second-order valence-electron chi connectivity index (χ2n) is 7.38. The van der Waals surface area contributed by atoms with Crippen molar-refractivity contribution in [2.75, 3.05) is 32.8 Å². The van der Waals surface area contributed by atoms with Crippen molar-refractivity contribution in [3.63, 3.8) is 0 Å². The summed E-state index contributed by atoms with van der Waals surface area (Å²) in [7, 11) is 0. The van der Waals surface area contributed by atoms with Crippen LogP contribution in [0.4, 0.5) is 4.39 Å². The zero-order valence-electron chi connectivity index (χ0n) is 16.2. The summed E-state index contributed by atoms with van der Waals surface area (Å²) in [5.74, 6) is 0.191. The molecule has 0 amide bonds. The SMILES string of the molecule is OC(COc1ccc2ccccc2c1)CN1CCOC(c2cc(F)c(Cl)cc2Cl)C1. The second kappa shape index (κ2) is 9.50. The summed E-state index contributed by atoms with van der Waals surface area (Å²) in [4.78, 5) is 2.06. The maximum atomic E-state index is 13.9. The molecule has 1 heterocycles. The van der Waals surface area contributed by atoms with Crippen molar-refractivity contribution >= 4 is 34.0 Å². The number of nitrogens with zero attached hydrogens (tertiary/aromatic N) is 1. The fourth-order valence-electron chi connectivity index (χ4n) is 3.64. The molecule has 2 unspecified atom stereocenters. The van der Waals surface area contributed by atoms with E-state index in [0.717, 1.165) is 16.5 Å². The number of halogens is 3. The van der Waals surface area contributed by atoms with Crippen LogP contribution in [0, 0.1) is 5.82 Å². The molecule has 7 heteroatoms. The highest BCUT2D eigenvalue weighted by atomic mass is 35.5. The Morgan fingerprint density at radius 1 is 1.10 bits per heavy atom. The first kappa shape index (κ1) is 21.3. The van der Waals surface area contributed by atoms with Gasteiger partial charge in [0.2, 0.25) is 0 Å². The summed E-state index contributed by atoms with van der Waals surface area (Å²) < 4.78 is 25.4. The van der Waals surface area contributed by atoms with Crippen molar-refractivity contribution in [3.8, 4) is 5.75 Å². The van der Waals surface area contributed by atoms with E-state index in [0.29, 0.717) is 36.8 Å². The lowest BCUT2D eigenvalue weighted by molar-refractivity contribution is -0.0460. The van der Waals surface area contributed by atoms with E-state index in [9.17, 15) is 9.50 Å². The zero-order chi connectivity index (χ0) is 21.1. The summed E-state index contributed by atoms with van der Waals surface area (Å²) in [5, 5.41) is 13.0. The van der Waals surface area contributed by atoms with E-state index in [4.69, 9.17) is 32.7 Å². The van der Waals surface area contributed by atoms with Crippen LogP contribution in [0.3, 0.4) is 0 Å². The van der Waals surface area contributed by atoms with Gasteiger partial charge in [0.25, 0.3) is 0 Å². The Bertz CT molecular complexity index is 1030. The molecule has 3 aromatic carbocycles. The van der Waals surface area contributed by atoms with Crippen LogP contribution in [0.15, 0.2) is 54.6 Å². The van der Waals surface area contributed by atoms with Crippen molar-refractivity contribution in [1.82, 2.24) is 4.90 Å². The molecule has 4 rings (SSSR count). The average molecular weight is 450 g/mol. The van der Waals surface area contributed by atoms with Crippen molar-refractivity contribution in [2.45, 2.75) is 12.2 Å². The molecule has 0 bridgehead atoms. The van der Waals surface area contributed by atoms with Gasteiger partial charge in [-0.2, -0.15) is 0 Å². The van der Waals surface area contributed by atoms with E-state index < -0.39 is 11.9 Å². The van der Waals surface area contributed by atoms with Crippen LogP contribution in [0.5, 0.6) is 5.75 Å². The Morgan fingerprint density at radius 3 is 2.73 bits per heavy atom. The normalized spacial score (nSPS) is 18.5. The Kier molecular flexibility index (Phi) is 6.76. The molecular formula is C23H22Cl2FNO3. The van der Waals surface area contributed by atoms with Gasteiger partial charge in [-0.05, 0) is 35.0 Å². The molecule has 1 aliphatic rings. The highest BCUT2D eigenvalue weighted by Gasteiger charge is 2.26. The van der Waals surface area contributed by atoms with Gasteiger partial charge in [0.15, 0.2) is 0 Å². The number of β-amino-alcohol motifs (C(OH)–C–C–N with tert-alkyl or cyclic N) is 1. The highest BCUT2D eigenvalue weighted by molar-refractivity contribution is 6.35. The predicted octanol–water partition coefficient (Wildman–Crippen LogP) is 5.10. The number of morpholine rings is 1. The van der Waals surface area contributed by atoms with Crippen LogP contribution >= 0.6 is 23.2 Å². The standard InChI is InChI=1S/C23H22Cl2FNO3/c24-20-11-21(25)22(26)10-19(20)23-13-27(7-8-29-23)12-17(28)14-30-18-6-5-15-3-1-2-4-16(15)9-18/h1-6,9-11,17,23,28H,7-8,12-14H2. The van der Waals surface area contributed by atoms with Crippen molar-refractivity contribution in [3.05, 3.63) is 76.0 Å². The number of hydrogen-bond acceptors (Lipinski definition) is 4. The molecular weight excluding hydrogens is 428 g/mol. The second-order valence-corrected chi connectivity index (χ2v) is 8.20. The minimum Gasteiger partial charge on any atom is -0.491 e. The van der Waals surface area contributed by atoms with Crippen molar-refractivity contribution in [1.29, 1.82) is 0 Å². The molecule has 0 spiro atoms. The number of benzene rings is 3. The van der Waals surface area contributed by atoms with E-state index in [1.54, 1.807) is 0 Å². The van der Waals surface area contributed by atoms with Gasteiger partial charge in [0, 0.05) is 30.2 Å². The Balaban J connectivity index is 1.33. The minimum atomic E-state index is -0.673. The molecule has 2 atom stereocenters. The lowest BCUT2D eigenvalue weighted by atomic mass is 10.1. The Labute approximate surface area is 184 Å². The quantitative estimate of drug-likeness (QED) is 0.531. The summed E-state index contributed by atoms with van der Waals surface area (Å²) >= 11 is 12.0. The Hall–Kier alpha value is -1.89. The monoisotopic (exact) mass is 449 g/mol. The molecule has 3 aromatic rings. The minimum absolute atomic E-state index is 0.0160. The third kappa shape index (κ3) is 5.05. The first-order valence-corrected chi connectivity index (χ1v) is 10.5. The fourth-order valence-corrected chi connectivity index (χ4v) is 4.15. The molecule has 1 N–H and O–H groups in total. The van der Waals surface area contributed by atoms with Gasteiger partial charge in [-0.25, -0.2) is 4.39 Å². The maximum Gasteiger partial charge on any atom is 0.142 e. The van der Waals surface area contributed by atoms with Crippen molar-refractivity contribution < 1.29 is 19.0 Å². The number of aliphatic hydroxyl groups excluding tert-OH is 1. The molecule has 30 heavy (non-hydrogen) atoms. The summed E-state index contributed by atoms with van der Waals surface area (Å²) in [6.45, 7) is 2.21. The van der Waals surface area contributed by atoms with E-state index in [1.807, 2.05) is 42.5 Å². The molecule has 0 saturated carbocycles. The van der Waals surface area contributed by atoms with Crippen LogP contribution < -0.4 is 4.74 Å². The summed E-state index contributed by atoms with van der Waals surface area (Å²) in [6.07, 6.45) is -1.06. The van der Waals surface area contributed by atoms with Gasteiger partial charge < -0.3 is 14.6 Å². The fraction of sp³-hybridized carbons (Fsp3) is 0.304. The van der Waals surface area contributed by atoms with Gasteiger partial charge in [-0.1, -0.05) is 53.5 Å². The molecule has 0 aliphatic carbocycles.